The van der Waals surface area contributed by atoms with E-state index in [1.807, 2.05) is 13.8 Å². The number of nitrogens with zero attached hydrogens (tertiary/aromatic N) is 3. The van der Waals surface area contributed by atoms with Gasteiger partial charge in [0.25, 0.3) is 0 Å². The van der Waals surface area contributed by atoms with Crippen molar-refractivity contribution < 1.29 is 0 Å². The molecular weight excluding hydrogens is 655 g/mol. The second-order valence-corrected chi connectivity index (χ2v) is 13.3. The van der Waals surface area contributed by atoms with E-state index in [4.69, 9.17) is 0 Å². The third-order valence-electron chi connectivity index (χ3n) is 10.3. The van der Waals surface area contributed by atoms with Crippen LogP contribution in [0.3, 0.4) is 0 Å². The summed E-state index contributed by atoms with van der Waals surface area (Å²) in [6.45, 7) is 8.50. The van der Waals surface area contributed by atoms with Crippen molar-refractivity contribution in [3.05, 3.63) is 199 Å². The number of allylic oxidation sites excluding steroid dienone is 1. The van der Waals surface area contributed by atoms with Crippen LogP contribution in [0.4, 0.5) is 11.4 Å². The van der Waals surface area contributed by atoms with Gasteiger partial charge >= 0.3 is 0 Å². The van der Waals surface area contributed by atoms with Crippen LogP contribution in [0.15, 0.2) is 188 Å². The Balaban J connectivity index is 0.00000203. The first-order valence-electron chi connectivity index (χ1n) is 19.1. The van der Waals surface area contributed by atoms with Crippen LogP contribution in [0, 0.1) is 6.92 Å². The van der Waals surface area contributed by atoms with Gasteiger partial charge in [0.05, 0.1) is 16.6 Å². The van der Waals surface area contributed by atoms with Crippen molar-refractivity contribution in [3.8, 4) is 22.5 Å². The summed E-state index contributed by atoms with van der Waals surface area (Å²) in [5.74, 6) is 0. The molecule has 2 heterocycles. The monoisotopic (exact) mass is 699 g/mol. The molecule has 0 amide bonds. The van der Waals surface area contributed by atoms with Gasteiger partial charge in [-0.1, -0.05) is 136 Å². The Kier molecular flexibility index (Phi) is 9.70. The highest BCUT2D eigenvalue weighted by Gasteiger charge is 2.20. The Morgan fingerprint density at radius 1 is 0.481 bits per heavy atom. The molecule has 0 aliphatic rings. The van der Waals surface area contributed by atoms with E-state index in [-0.39, 0.29) is 0 Å². The molecule has 3 nitrogen and oxygen atoms in total. The van der Waals surface area contributed by atoms with Gasteiger partial charge in [0, 0.05) is 55.9 Å². The zero-order valence-corrected chi connectivity index (χ0v) is 31.4. The summed E-state index contributed by atoms with van der Waals surface area (Å²) in [5.41, 5.74) is 14.3. The predicted molar refractivity (Wildman–Crippen MR) is 232 cm³/mol. The molecule has 9 rings (SSSR count). The second kappa shape index (κ2) is 15.2. The standard InChI is InChI=1S/C49H39N3.C2H6/c1-3-38(33-45-35(2)50(39-19-9-5-10-20-39)47-25-15-13-23-43(45)47)51(40-21-11-6-12-22-40)42-31-32-49-46(34-42)44-24-14-16-26-48(44)52(49)41-29-27-37(28-30-41)36-17-7-4-8-18-36;1-2/h4-34H,3H2,1-2H3;1-2H3/b38-33+;. The molecule has 9 aromatic rings. The van der Waals surface area contributed by atoms with Crippen molar-refractivity contribution in [2.24, 2.45) is 0 Å². The third-order valence-corrected chi connectivity index (χ3v) is 10.3. The molecule has 0 aliphatic heterocycles. The Morgan fingerprint density at radius 3 is 1.67 bits per heavy atom. The smallest absolute Gasteiger partial charge is 0.0542 e. The molecule has 3 heteroatoms. The Labute approximate surface area is 318 Å². The zero-order chi connectivity index (χ0) is 37.0. The molecule has 0 spiro atoms. The van der Waals surface area contributed by atoms with Gasteiger partial charge in [-0.05, 0) is 97.3 Å². The topological polar surface area (TPSA) is 13.1 Å². The minimum absolute atomic E-state index is 0.854. The van der Waals surface area contributed by atoms with E-state index < -0.39 is 0 Å². The van der Waals surface area contributed by atoms with Crippen LogP contribution in [0.2, 0.25) is 0 Å². The average molecular weight is 700 g/mol. The van der Waals surface area contributed by atoms with Gasteiger partial charge in [-0.2, -0.15) is 0 Å². The normalized spacial score (nSPS) is 11.5. The fourth-order valence-corrected chi connectivity index (χ4v) is 7.85. The van der Waals surface area contributed by atoms with Gasteiger partial charge in [0.15, 0.2) is 0 Å². The Bertz CT molecular complexity index is 2700. The molecule has 0 fully saturated rings. The molecular formula is C51H45N3. The highest BCUT2D eigenvalue weighted by molar-refractivity contribution is 6.10. The van der Waals surface area contributed by atoms with Crippen molar-refractivity contribution in [2.45, 2.75) is 34.1 Å². The van der Waals surface area contributed by atoms with Crippen LogP contribution < -0.4 is 4.90 Å². The number of anilines is 2. The van der Waals surface area contributed by atoms with E-state index in [0.29, 0.717) is 0 Å². The molecule has 0 saturated carbocycles. The lowest BCUT2D eigenvalue weighted by molar-refractivity contribution is 1.02. The van der Waals surface area contributed by atoms with E-state index in [1.54, 1.807) is 0 Å². The number of aromatic nitrogens is 2. The summed E-state index contributed by atoms with van der Waals surface area (Å²) < 4.78 is 4.78. The van der Waals surface area contributed by atoms with Crippen molar-refractivity contribution in [2.75, 3.05) is 4.90 Å². The highest BCUT2D eigenvalue weighted by Crippen LogP contribution is 2.40. The fraction of sp³-hybridized carbons (Fsp3) is 0.0980. The van der Waals surface area contributed by atoms with Crippen molar-refractivity contribution >= 4 is 50.2 Å². The van der Waals surface area contributed by atoms with Gasteiger partial charge in [-0.15, -0.1) is 0 Å². The van der Waals surface area contributed by atoms with E-state index in [9.17, 15) is 0 Å². The minimum atomic E-state index is 0.854. The van der Waals surface area contributed by atoms with Crippen LogP contribution in [-0.4, -0.2) is 9.13 Å². The molecule has 264 valence electrons. The summed E-state index contributed by atoms with van der Waals surface area (Å²) in [6, 6.07) is 65.5. The number of hydrogen-bond acceptors (Lipinski definition) is 1. The van der Waals surface area contributed by atoms with Gasteiger partial charge in [0.2, 0.25) is 0 Å². The zero-order valence-electron chi connectivity index (χ0n) is 31.4. The van der Waals surface area contributed by atoms with Gasteiger partial charge < -0.3 is 14.0 Å². The van der Waals surface area contributed by atoms with Crippen LogP contribution in [0.25, 0.3) is 61.3 Å². The molecule has 0 radical (unpaired) electrons. The van der Waals surface area contributed by atoms with Gasteiger partial charge in [-0.3, -0.25) is 0 Å². The van der Waals surface area contributed by atoms with Crippen molar-refractivity contribution in [3.63, 3.8) is 0 Å². The fourth-order valence-electron chi connectivity index (χ4n) is 7.85. The molecule has 0 aliphatic carbocycles. The molecule has 2 aromatic heterocycles. The first-order chi connectivity index (χ1) is 26.7. The molecule has 0 atom stereocenters. The number of hydrogen-bond donors (Lipinski definition) is 0. The predicted octanol–water partition coefficient (Wildman–Crippen LogP) is 14.3. The number of para-hydroxylation sites is 4. The number of rotatable bonds is 8. The lowest BCUT2D eigenvalue weighted by Gasteiger charge is -2.28. The van der Waals surface area contributed by atoms with Gasteiger partial charge in [0.1, 0.15) is 0 Å². The van der Waals surface area contributed by atoms with E-state index in [0.717, 1.165) is 23.5 Å². The minimum Gasteiger partial charge on any atom is -0.314 e. The maximum absolute atomic E-state index is 2.44. The molecule has 0 saturated heterocycles. The Morgan fingerprint density at radius 2 is 1.00 bits per heavy atom. The van der Waals surface area contributed by atoms with Crippen LogP contribution in [0.1, 0.15) is 38.4 Å². The highest BCUT2D eigenvalue weighted by atomic mass is 15.1. The van der Waals surface area contributed by atoms with E-state index in [2.05, 4.69) is 216 Å². The molecule has 0 bridgehead atoms. The lowest BCUT2D eigenvalue weighted by Crippen LogP contribution is -2.16. The summed E-state index contributed by atoms with van der Waals surface area (Å²) in [7, 11) is 0. The van der Waals surface area contributed by atoms with Crippen molar-refractivity contribution in [1.29, 1.82) is 0 Å². The molecule has 0 unspecified atom stereocenters. The average Bonchev–Trinajstić information content (AvgIpc) is 3.73. The second-order valence-electron chi connectivity index (χ2n) is 13.3. The lowest BCUT2D eigenvalue weighted by atomic mass is 10.1. The summed E-state index contributed by atoms with van der Waals surface area (Å²) >= 11 is 0. The van der Waals surface area contributed by atoms with E-state index in [1.165, 1.54) is 66.5 Å². The van der Waals surface area contributed by atoms with Gasteiger partial charge in [-0.25, -0.2) is 0 Å². The number of fused-ring (bicyclic) bond motifs is 4. The first kappa shape index (κ1) is 34.5. The van der Waals surface area contributed by atoms with Crippen LogP contribution in [-0.2, 0) is 0 Å². The molecule has 7 aromatic carbocycles. The van der Waals surface area contributed by atoms with E-state index >= 15 is 0 Å². The summed E-state index contributed by atoms with van der Waals surface area (Å²) in [6.07, 6.45) is 3.26. The van der Waals surface area contributed by atoms with Crippen LogP contribution in [0.5, 0.6) is 0 Å². The summed E-state index contributed by atoms with van der Waals surface area (Å²) in [5, 5.41) is 3.72. The third kappa shape index (κ3) is 6.18. The Hall–Kier alpha value is -6.58. The SMILES string of the molecule is CC.CC/C(=C\c1c(C)n(-c2ccccc2)c2ccccc12)N(c1ccccc1)c1ccc2c(c1)c1ccccc1n2-c1ccc(-c2ccccc2)cc1. The van der Waals surface area contributed by atoms with Crippen molar-refractivity contribution in [1.82, 2.24) is 9.13 Å². The largest absolute Gasteiger partial charge is 0.314 e. The first-order valence-corrected chi connectivity index (χ1v) is 19.1. The maximum atomic E-state index is 2.44. The summed E-state index contributed by atoms with van der Waals surface area (Å²) in [4.78, 5) is 2.44. The number of benzene rings is 7. The quantitative estimate of drug-likeness (QED) is 0.154. The van der Waals surface area contributed by atoms with Crippen LogP contribution >= 0.6 is 0 Å². The maximum Gasteiger partial charge on any atom is 0.0542 e. The molecule has 0 N–H and O–H groups in total. The molecule has 54 heavy (non-hydrogen) atoms.